The number of allylic oxidation sites excluding steroid dienone is 4. The van der Waals surface area contributed by atoms with Crippen LogP contribution in [0.5, 0.6) is 5.75 Å². The van der Waals surface area contributed by atoms with Crippen LogP contribution < -0.4 is 14.5 Å². The first-order chi connectivity index (χ1) is 16.5. The van der Waals surface area contributed by atoms with E-state index < -0.39 is 28.8 Å². The molecule has 4 rings (SSSR count). The summed E-state index contributed by atoms with van der Waals surface area (Å²) in [6.45, 7) is 7.96. The van der Waals surface area contributed by atoms with Gasteiger partial charge in [-0.2, -0.15) is 4.39 Å². The lowest BCUT2D eigenvalue weighted by Crippen LogP contribution is -2.33. The topological polar surface area (TPSA) is 48.8 Å². The fraction of sp³-hybridized carbons (Fsp3) is 0.269. The Bertz CT molecular complexity index is 1300. The van der Waals surface area contributed by atoms with E-state index in [-0.39, 0.29) is 17.3 Å². The van der Waals surface area contributed by atoms with E-state index in [4.69, 9.17) is 16.3 Å². The van der Waals surface area contributed by atoms with Gasteiger partial charge in [-0.1, -0.05) is 17.7 Å². The molecule has 1 aromatic carbocycles. The van der Waals surface area contributed by atoms with E-state index in [1.54, 1.807) is 26.1 Å². The number of aryl methyl sites for hydroxylation is 1. The van der Waals surface area contributed by atoms with Gasteiger partial charge < -0.3 is 19.6 Å². The Balaban J connectivity index is 1.59. The van der Waals surface area contributed by atoms with Gasteiger partial charge >= 0.3 is 0 Å². The third-order valence-electron chi connectivity index (χ3n) is 5.89. The maximum atomic E-state index is 14.1. The maximum absolute atomic E-state index is 14.1. The van der Waals surface area contributed by atoms with Gasteiger partial charge in [0.2, 0.25) is 5.82 Å². The molecule has 0 saturated carbocycles. The van der Waals surface area contributed by atoms with E-state index >= 15 is 0 Å². The second-order valence-electron chi connectivity index (χ2n) is 8.97. The van der Waals surface area contributed by atoms with Crippen LogP contribution in [0, 0.1) is 24.4 Å². The lowest BCUT2D eigenvalue weighted by molar-refractivity contribution is 0.118. The van der Waals surface area contributed by atoms with Crippen LogP contribution in [-0.2, 0) is 0 Å². The molecule has 0 amide bonds. The number of benzene rings is 1. The molecular weight excluding hydrogens is 479 g/mol. The normalized spacial score (nSPS) is 16.5. The number of hydrogen-bond acceptors (Lipinski definition) is 5. The number of pyridine rings is 1. The molecule has 3 heterocycles. The molecule has 0 aliphatic carbocycles. The molecule has 0 atom stereocenters. The van der Waals surface area contributed by atoms with Crippen molar-refractivity contribution in [2.45, 2.75) is 33.3 Å². The predicted molar refractivity (Wildman–Crippen MR) is 131 cm³/mol. The molecule has 2 aromatic rings. The molecular formula is C26H25ClF3N3O2. The molecule has 9 heteroatoms. The van der Waals surface area contributed by atoms with Crippen molar-refractivity contribution in [1.29, 1.82) is 0 Å². The molecule has 0 unspecified atom stereocenters. The van der Waals surface area contributed by atoms with Crippen molar-refractivity contribution in [3.05, 3.63) is 93.9 Å². The molecule has 2 aliphatic rings. The summed E-state index contributed by atoms with van der Waals surface area (Å²) in [5.74, 6) is -3.93. The second kappa shape index (κ2) is 9.43. The van der Waals surface area contributed by atoms with Crippen LogP contribution in [0.4, 0.5) is 24.7 Å². The quantitative estimate of drug-likeness (QED) is 0.500. The summed E-state index contributed by atoms with van der Waals surface area (Å²) in [7, 11) is 0. The minimum absolute atomic E-state index is 0.149. The number of hydrogen-bond donors (Lipinski definition) is 1. The lowest BCUT2D eigenvalue weighted by Gasteiger charge is -2.33. The number of halogens is 4. The van der Waals surface area contributed by atoms with Gasteiger partial charge in [0, 0.05) is 42.5 Å². The van der Waals surface area contributed by atoms with E-state index in [1.807, 2.05) is 48.1 Å². The summed E-state index contributed by atoms with van der Waals surface area (Å²) in [6.07, 6.45) is 9.02. The van der Waals surface area contributed by atoms with Crippen molar-refractivity contribution in [3.63, 3.8) is 0 Å². The summed E-state index contributed by atoms with van der Waals surface area (Å²) in [5.41, 5.74) is 2.41. The first kappa shape index (κ1) is 24.9. The zero-order chi connectivity index (χ0) is 25.5. The van der Waals surface area contributed by atoms with Gasteiger partial charge in [-0.25, -0.2) is 13.8 Å². The first-order valence-corrected chi connectivity index (χ1v) is 11.3. The van der Waals surface area contributed by atoms with Crippen LogP contribution in [0.3, 0.4) is 0 Å². The number of aromatic nitrogens is 1. The first-order valence-electron chi connectivity index (χ1n) is 10.9. The van der Waals surface area contributed by atoms with Crippen molar-refractivity contribution in [2.75, 3.05) is 22.9 Å². The average Bonchev–Trinajstić information content (AvgIpc) is 2.81. The van der Waals surface area contributed by atoms with Crippen molar-refractivity contribution >= 4 is 23.1 Å². The Hall–Kier alpha value is -3.23. The molecule has 184 valence electrons. The Morgan fingerprint density at radius 1 is 1.11 bits per heavy atom. The van der Waals surface area contributed by atoms with Crippen molar-refractivity contribution in [3.8, 4) is 5.75 Å². The highest BCUT2D eigenvalue weighted by Crippen LogP contribution is 2.35. The Morgan fingerprint density at radius 3 is 2.57 bits per heavy atom. The van der Waals surface area contributed by atoms with E-state index in [1.165, 1.54) is 0 Å². The molecule has 0 radical (unpaired) electrons. The fourth-order valence-corrected chi connectivity index (χ4v) is 4.02. The smallest absolute Gasteiger partial charge is 0.204 e. The highest BCUT2D eigenvalue weighted by molar-refractivity contribution is 6.30. The molecule has 2 aliphatic heterocycles. The number of nitrogens with zero attached hydrogens (tertiary/aromatic N) is 3. The summed E-state index contributed by atoms with van der Waals surface area (Å²) >= 11 is 6.48. The zero-order valence-corrected chi connectivity index (χ0v) is 20.5. The van der Waals surface area contributed by atoms with Crippen LogP contribution in [0.2, 0.25) is 0 Å². The monoisotopic (exact) mass is 503 g/mol. The third-order valence-corrected chi connectivity index (χ3v) is 6.19. The summed E-state index contributed by atoms with van der Waals surface area (Å²) < 4.78 is 46.4. The zero-order valence-electron chi connectivity index (χ0n) is 19.7. The van der Waals surface area contributed by atoms with Gasteiger partial charge in [0.1, 0.15) is 11.6 Å². The predicted octanol–water partition coefficient (Wildman–Crippen LogP) is 6.09. The molecule has 35 heavy (non-hydrogen) atoms. The van der Waals surface area contributed by atoms with Gasteiger partial charge in [-0.3, -0.25) is 0 Å². The third kappa shape index (κ3) is 5.09. The van der Waals surface area contributed by atoms with Crippen molar-refractivity contribution in [2.24, 2.45) is 0 Å². The van der Waals surface area contributed by atoms with Gasteiger partial charge in [-0.15, -0.1) is 0 Å². The maximum Gasteiger partial charge on any atom is 0.204 e. The van der Waals surface area contributed by atoms with Crippen LogP contribution in [-0.4, -0.2) is 28.8 Å². The Labute approximate surface area is 207 Å². The van der Waals surface area contributed by atoms with Gasteiger partial charge in [0.15, 0.2) is 17.4 Å². The standard InChI is InChI=1S/C26H25ClF3N3O2/c1-15-12-31-23(32-9-5-6-17(13-32)26(3,4)34)11-20(15)33-14-18(27)22(10-16(33)2)35-21-8-7-19(28)24(29)25(21)30/h5-12,34H,13-14H2,1-4H3. The minimum atomic E-state index is -1.60. The van der Waals surface area contributed by atoms with Crippen LogP contribution in [0.25, 0.3) is 0 Å². The molecule has 0 bridgehead atoms. The largest absolute Gasteiger partial charge is 0.453 e. The molecule has 0 saturated heterocycles. The Kier molecular flexibility index (Phi) is 6.71. The van der Waals surface area contributed by atoms with Gasteiger partial charge in [0.25, 0.3) is 0 Å². The van der Waals surface area contributed by atoms with E-state index in [0.717, 1.165) is 34.7 Å². The number of ether oxygens (including phenoxy) is 1. The second-order valence-corrected chi connectivity index (χ2v) is 9.42. The average molecular weight is 504 g/mol. The van der Waals surface area contributed by atoms with Crippen molar-refractivity contribution < 1.29 is 23.0 Å². The van der Waals surface area contributed by atoms with E-state index in [0.29, 0.717) is 12.4 Å². The fourth-order valence-electron chi connectivity index (χ4n) is 3.81. The van der Waals surface area contributed by atoms with Gasteiger partial charge in [-0.05, 0) is 57.0 Å². The Morgan fingerprint density at radius 2 is 1.86 bits per heavy atom. The molecule has 0 spiro atoms. The highest BCUT2D eigenvalue weighted by atomic mass is 35.5. The molecule has 1 N–H and O–H groups in total. The molecule has 1 aromatic heterocycles. The van der Waals surface area contributed by atoms with Crippen LogP contribution >= 0.6 is 11.6 Å². The number of rotatable bonds is 5. The van der Waals surface area contributed by atoms with E-state index in [2.05, 4.69) is 4.98 Å². The van der Waals surface area contributed by atoms with Gasteiger partial charge in [0.05, 0.1) is 17.2 Å². The van der Waals surface area contributed by atoms with Crippen LogP contribution in [0.15, 0.2) is 70.9 Å². The molecule has 0 fully saturated rings. The highest BCUT2D eigenvalue weighted by Gasteiger charge is 2.26. The summed E-state index contributed by atoms with van der Waals surface area (Å²) in [4.78, 5) is 8.45. The van der Waals surface area contributed by atoms with Crippen LogP contribution in [0.1, 0.15) is 26.3 Å². The lowest BCUT2D eigenvalue weighted by atomic mass is 9.96. The SMILES string of the molecule is CC1=CC(Oc2ccc(F)c(F)c2F)=C(Cl)CN1c1cc(N2C=CC=C(C(C)(C)O)C2)ncc1C. The number of aliphatic hydroxyl groups is 1. The minimum Gasteiger partial charge on any atom is -0.453 e. The van der Waals surface area contributed by atoms with Crippen molar-refractivity contribution in [1.82, 2.24) is 4.98 Å². The number of anilines is 2. The summed E-state index contributed by atoms with van der Waals surface area (Å²) in [6, 6.07) is 3.74. The summed E-state index contributed by atoms with van der Waals surface area (Å²) in [5, 5.41) is 10.7. The molecule has 5 nitrogen and oxygen atoms in total. The van der Waals surface area contributed by atoms with E-state index in [9.17, 15) is 18.3 Å².